The number of anilines is 1. The number of rotatable bonds is 3. The summed E-state index contributed by atoms with van der Waals surface area (Å²) in [7, 11) is 0. The highest BCUT2D eigenvalue weighted by molar-refractivity contribution is 5.97. The Kier molecular flexibility index (Phi) is 3.42. The Morgan fingerprint density at radius 3 is 3.00 bits per heavy atom. The first-order chi connectivity index (χ1) is 8.20. The minimum atomic E-state index is -0.0495. The molecule has 0 saturated heterocycles. The molecule has 0 saturated carbocycles. The summed E-state index contributed by atoms with van der Waals surface area (Å²) in [6.45, 7) is 2.70. The molecule has 0 bridgehead atoms. The monoisotopic (exact) mass is 232 g/mol. The summed E-state index contributed by atoms with van der Waals surface area (Å²) in [6.07, 6.45) is 2.12. The summed E-state index contributed by atoms with van der Waals surface area (Å²) in [5, 5.41) is 5.64. The lowest BCUT2D eigenvalue weighted by molar-refractivity contribution is -0.116. The van der Waals surface area contributed by atoms with Gasteiger partial charge in [-0.3, -0.25) is 9.59 Å². The van der Waals surface area contributed by atoms with Crippen molar-refractivity contribution in [2.45, 2.75) is 26.2 Å². The Bertz CT molecular complexity index is 455. The van der Waals surface area contributed by atoms with Crippen LogP contribution in [0.5, 0.6) is 0 Å². The van der Waals surface area contributed by atoms with Gasteiger partial charge in [-0.2, -0.15) is 0 Å². The van der Waals surface area contributed by atoms with Gasteiger partial charge in [-0.1, -0.05) is 6.92 Å². The molecule has 1 aliphatic heterocycles. The molecular weight excluding hydrogens is 216 g/mol. The number of benzene rings is 1. The van der Waals surface area contributed by atoms with Gasteiger partial charge in [0.1, 0.15) is 0 Å². The van der Waals surface area contributed by atoms with Crippen LogP contribution in [0.25, 0.3) is 0 Å². The number of carbonyl (C=O) groups is 2. The third-order valence-corrected chi connectivity index (χ3v) is 2.80. The molecule has 17 heavy (non-hydrogen) atoms. The van der Waals surface area contributed by atoms with Crippen molar-refractivity contribution in [3.05, 3.63) is 29.3 Å². The zero-order valence-electron chi connectivity index (χ0n) is 9.88. The normalized spacial score (nSPS) is 13.8. The van der Waals surface area contributed by atoms with Crippen molar-refractivity contribution >= 4 is 17.5 Å². The van der Waals surface area contributed by atoms with Crippen LogP contribution >= 0.6 is 0 Å². The van der Waals surface area contributed by atoms with Crippen LogP contribution in [0, 0.1) is 0 Å². The van der Waals surface area contributed by atoms with Gasteiger partial charge in [-0.05, 0) is 36.6 Å². The van der Waals surface area contributed by atoms with Crippen molar-refractivity contribution in [2.24, 2.45) is 0 Å². The van der Waals surface area contributed by atoms with E-state index < -0.39 is 0 Å². The number of fused-ring (bicyclic) bond motifs is 1. The van der Waals surface area contributed by atoms with Crippen molar-refractivity contribution in [1.82, 2.24) is 5.32 Å². The summed E-state index contributed by atoms with van der Waals surface area (Å²) >= 11 is 0. The van der Waals surface area contributed by atoms with E-state index in [1.165, 1.54) is 0 Å². The van der Waals surface area contributed by atoms with Gasteiger partial charge < -0.3 is 10.6 Å². The SMILES string of the molecule is CCCNC(=O)c1ccc2c(c1)CCC(=O)N2. The highest BCUT2D eigenvalue weighted by Gasteiger charge is 2.16. The molecule has 0 radical (unpaired) electrons. The Labute approximate surface area is 100 Å². The number of hydrogen-bond acceptors (Lipinski definition) is 2. The molecule has 0 aliphatic carbocycles. The average Bonchev–Trinajstić information content (AvgIpc) is 2.35. The molecule has 0 atom stereocenters. The van der Waals surface area contributed by atoms with Gasteiger partial charge >= 0.3 is 0 Å². The zero-order valence-corrected chi connectivity index (χ0v) is 9.88. The summed E-state index contributed by atoms with van der Waals surface area (Å²) < 4.78 is 0. The molecule has 2 amide bonds. The molecule has 1 aliphatic rings. The first-order valence-corrected chi connectivity index (χ1v) is 5.91. The standard InChI is InChI=1S/C13H16N2O2/c1-2-7-14-13(17)10-3-5-11-9(8-10)4-6-12(16)15-11/h3,5,8H,2,4,6-7H2,1H3,(H,14,17)(H,15,16). The van der Waals surface area contributed by atoms with Crippen LogP contribution in [0.2, 0.25) is 0 Å². The minimum absolute atomic E-state index is 0.0423. The van der Waals surface area contributed by atoms with E-state index in [0.29, 0.717) is 24.9 Å². The van der Waals surface area contributed by atoms with Gasteiger partial charge in [0.05, 0.1) is 0 Å². The van der Waals surface area contributed by atoms with Crippen molar-refractivity contribution in [1.29, 1.82) is 0 Å². The summed E-state index contributed by atoms with van der Waals surface area (Å²) in [6, 6.07) is 5.41. The molecule has 1 heterocycles. The van der Waals surface area contributed by atoms with E-state index in [0.717, 1.165) is 17.7 Å². The molecule has 4 heteroatoms. The van der Waals surface area contributed by atoms with Crippen molar-refractivity contribution < 1.29 is 9.59 Å². The number of hydrogen-bond donors (Lipinski definition) is 2. The van der Waals surface area contributed by atoms with E-state index >= 15 is 0 Å². The first kappa shape index (κ1) is 11.6. The quantitative estimate of drug-likeness (QED) is 0.833. The second kappa shape index (κ2) is 4.99. The maximum absolute atomic E-state index is 11.8. The van der Waals surface area contributed by atoms with Gasteiger partial charge in [-0.25, -0.2) is 0 Å². The molecule has 2 N–H and O–H groups in total. The Morgan fingerprint density at radius 2 is 2.24 bits per heavy atom. The molecular formula is C13H16N2O2. The molecule has 1 aromatic carbocycles. The fourth-order valence-electron chi connectivity index (χ4n) is 1.87. The molecule has 0 fully saturated rings. The topological polar surface area (TPSA) is 58.2 Å². The Morgan fingerprint density at radius 1 is 1.41 bits per heavy atom. The van der Waals surface area contributed by atoms with E-state index in [4.69, 9.17) is 0 Å². The predicted octanol–water partition coefficient (Wildman–Crippen LogP) is 1.71. The zero-order chi connectivity index (χ0) is 12.3. The predicted molar refractivity (Wildman–Crippen MR) is 66.0 cm³/mol. The lowest BCUT2D eigenvalue weighted by atomic mass is 10.00. The summed E-state index contributed by atoms with van der Waals surface area (Å²) in [5.74, 6) is -0.00719. The van der Waals surface area contributed by atoms with Crippen LogP contribution in [0.15, 0.2) is 18.2 Å². The van der Waals surface area contributed by atoms with Crippen molar-refractivity contribution in [3.8, 4) is 0 Å². The Balaban J connectivity index is 2.16. The number of aryl methyl sites for hydroxylation is 1. The number of carbonyl (C=O) groups excluding carboxylic acids is 2. The van der Waals surface area contributed by atoms with Gasteiger partial charge in [-0.15, -0.1) is 0 Å². The average molecular weight is 232 g/mol. The number of nitrogens with one attached hydrogen (secondary N) is 2. The molecule has 90 valence electrons. The highest BCUT2D eigenvalue weighted by Crippen LogP contribution is 2.23. The van der Waals surface area contributed by atoms with Crippen LogP contribution in [-0.4, -0.2) is 18.4 Å². The van der Waals surface area contributed by atoms with E-state index in [1.54, 1.807) is 12.1 Å². The van der Waals surface area contributed by atoms with Crippen molar-refractivity contribution in [3.63, 3.8) is 0 Å². The molecule has 0 aromatic heterocycles. The number of amides is 2. The Hall–Kier alpha value is -1.84. The molecule has 0 spiro atoms. The van der Waals surface area contributed by atoms with E-state index in [2.05, 4.69) is 10.6 Å². The van der Waals surface area contributed by atoms with Crippen molar-refractivity contribution in [2.75, 3.05) is 11.9 Å². The first-order valence-electron chi connectivity index (χ1n) is 5.91. The fraction of sp³-hybridized carbons (Fsp3) is 0.385. The van der Waals surface area contributed by atoms with Gasteiger partial charge in [0, 0.05) is 24.2 Å². The van der Waals surface area contributed by atoms with Crippen LogP contribution in [0.3, 0.4) is 0 Å². The third-order valence-electron chi connectivity index (χ3n) is 2.80. The summed E-state index contributed by atoms with van der Waals surface area (Å²) in [4.78, 5) is 23.0. The van der Waals surface area contributed by atoms with Gasteiger partial charge in [0.25, 0.3) is 5.91 Å². The fourth-order valence-corrected chi connectivity index (χ4v) is 1.87. The summed E-state index contributed by atoms with van der Waals surface area (Å²) in [5.41, 5.74) is 2.52. The van der Waals surface area contributed by atoms with Gasteiger partial charge in [0.15, 0.2) is 0 Å². The maximum Gasteiger partial charge on any atom is 0.251 e. The molecule has 1 aromatic rings. The van der Waals surface area contributed by atoms with E-state index in [-0.39, 0.29) is 11.8 Å². The van der Waals surface area contributed by atoms with E-state index in [1.807, 2.05) is 13.0 Å². The minimum Gasteiger partial charge on any atom is -0.352 e. The van der Waals surface area contributed by atoms with Crippen LogP contribution in [0.1, 0.15) is 35.7 Å². The van der Waals surface area contributed by atoms with Crippen LogP contribution in [-0.2, 0) is 11.2 Å². The molecule has 2 rings (SSSR count). The second-order valence-corrected chi connectivity index (χ2v) is 4.18. The molecule has 4 nitrogen and oxygen atoms in total. The lowest BCUT2D eigenvalue weighted by Crippen LogP contribution is -2.25. The lowest BCUT2D eigenvalue weighted by Gasteiger charge is -2.17. The second-order valence-electron chi connectivity index (χ2n) is 4.18. The largest absolute Gasteiger partial charge is 0.352 e. The van der Waals surface area contributed by atoms with Crippen LogP contribution < -0.4 is 10.6 Å². The molecule has 0 unspecified atom stereocenters. The van der Waals surface area contributed by atoms with Gasteiger partial charge in [0.2, 0.25) is 5.91 Å². The maximum atomic E-state index is 11.8. The van der Waals surface area contributed by atoms with E-state index in [9.17, 15) is 9.59 Å². The highest BCUT2D eigenvalue weighted by atomic mass is 16.2. The third kappa shape index (κ3) is 2.64. The van der Waals surface area contributed by atoms with Crippen LogP contribution in [0.4, 0.5) is 5.69 Å². The smallest absolute Gasteiger partial charge is 0.251 e.